The van der Waals surface area contributed by atoms with Gasteiger partial charge < -0.3 is 9.73 Å². The Morgan fingerprint density at radius 2 is 1.96 bits per heavy atom. The largest absolute Gasteiger partial charge is 0.455 e. The number of nitrogens with one attached hydrogen (secondary N) is 1. The van der Waals surface area contributed by atoms with Gasteiger partial charge in [0.25, 0.3) is 5.91 Å². The highest BCUT2D eigenvalue weighted by Gasteiger charge is 2.13. The maximum absolute atomic E-state index is 12.9. The fraction of sp³-hybridized carbons (Fsp3) is 0.167. The van der Waals surface area contributed by atoms with Crippen LogP contribution in [-0.2, 0) is 23.0 Å². The molecule has 7 heteroatoms. The summed E-state index contributed by atoms with van der Waals surface area (Å²) in [5.41, 5.74) is 0. The molecule has 2 heterocycles. The minimum Gasteiger partial charge on any atom is -0.455 e. The van der Waals surface area contributed by atoms with E-state index in [4.69, 9.17) is 4.42 Å². The number of carbonyl (C=O) groups excluding carboxylic acids is 1. The van der Waals surface area contributed by atoms with Gasteiger partial charge >= 0.3 is 0 Å². The van der Waals surface area contributed by atoms with E-state index in [1.54, 1.807) is 23.5 Å². The molecule has 4 nitrogen and oxygen atoms in total. The molecule has 0 saturated heterocycles. The molecule has 25 heavy (non-hydrogen) atoms. The topological polar surface area (TPSA) is 59.3 Å². The van der Waals surface area contributed by atoms with Crippen molar-refractivity contribution in [2.45, 2.75) is 17.1 Å². The summed E-state index contributed by atoms with van der Waals surface area (Å²) < 4.78 is 30.6. The van der Waals surface area contributed by atoms with Crippen molar-refractivity contribution in [2.75, 3.05) is 6.54 Å². The standard InChI is InChI=1S/C18H16FNO3S2/c19-13-3-6-16(7-4-13)25(22)12-14-5-8-17(23-14)18(21)20-10-9-15-2-1-11-24-15/h1-8,11H,9-10,12H2,(H,20,21). The van der Waals surface area contributed by atoms with E-state index in [1.807, 2.05) is 17.5 Å². The Kier molecular flexibility index (Phi) is 5.78. The summed E-state index contributed by atoms with van der Waals surface area (Å²) in [6.45, 7) is 0.525. The number of rotatable bonds is 7. The summed E-state index contributed by atoms with van der Waals surface area (Å²) in [7, 11) is -1.36. The first kappa shape index (κ1) is 17.6. The van der Waals surface area contributed by atoms with Crippen LogP contribution in [0.4, 0.5) is 4.39 Å². The second-order valence-corrected chi connectivity index (χ2v) is 7.78. The molecule has 3 rings (SSSR count). The maximum atomic E-state index is 12.9. The minimum absolute atomic E-state index is 0.133. The number of amides is 1. The SMILES string of the molecule is O=C(NCCc1cccs1)c1ccc(CS(=O)c2ccc(F)cc2)o1. The Morgan fingerprint density at radius 3 is 2.68 bits per heavy atom. The van der Waals surface area contributed by atoms with Gasteiger partial charge in [0, 0.05) is 16.3 Å². The Balaban J connectivity index is 1.53. The lowest BCUT2D eigenvalue weighted by Gasteiger charge is -2.02. The molecule has 0 fully saturated rings. The molecule has 1 aromatic carbocycles. The molecule has 0 radical (unpaired) electrons. The van der Waals surface area contributed by atoms with Crippen molar-refractivity contribution in [1.29, 1.82) is 0 Å². The van der Waals surface area contributed by atoms with Crippen molar-refractivity contribution < 1.29 is 17.8 Å². The zero-order valence-electron chi connectivity index (χ0n) is 13.2. The van der Waals surface area contributed by atoms with Crippen LogP contribution in [0.2, 0.25) is 0 Å². The zero-order chi connectivity index (χ0) is 17.6. The first-order valence-corrected chi connectivity index (χ1v) is 9.85. The number of hydrogen-bond acceptors (Lipinski definition) is 4. The van der Waals surface area contributed by atoms with Crippen molar-refractivity contribution in [2.24, 2.45) is 0 Å². The summed E-state index contributed by atoms with van der Waals surface area (Å²) in [4.78, 5) is 13.8. The van der Waals surface area contributed by atoms with Crippen LogP contribution in [0.3, 0.4) is 0 Å². The second kappa shape index (κ2) is 8.22. The number of halogens is 1. The van der Waals surface area contributed by atoms with Crippen LogP contribution in [0.5, 0.6) is 0 Å². The van der Waals surface area contributed by atoms with Crippen molar-refractivity contribution in [1.82, 2.24) is 5.32 Å². The average molecular weight is 377 g/mol. The van der Waals surface area contributed by atoms with Crippen LogP contribution in [-0.4, -0.2) is 16.7 Å². The predicted octanol–water partition coefficient (Wildman–Crippen LogP) is 3.76. The number of hydrogen-bond donors (Lipinski definition) is 1. The molecule has 1 amide bonds. The van der Waals surface area contributed by atoms with Gasteiger partial charge in [-0.1, -0.05) is 6.07 Å². The summed E-state index contributed by atoms with van der Waals surface area (Å²) in [6.07, 6.45) is 0.769. The third kappa shape index (κ3) is 4.87. The third-order valence-electron chi connectivity index (χ3n) is 3.47. The molecule has 3 aromatic rings. The van der Waals surface area contributed by atoms with Gasteiger partial charge in [-0.25, -0.2) is 4.39 Å². The Morgan fingerprint density at radius 1 is 1.16 bits per heavy atom. The van der Waals surface area contributed by atoms with E-state index in [0.29, 0.717) is 17.2 Å². The molecule has 1 N–H and O–H groups in total. The van der Waals surface area contributed by atoms with Crippen LogP contribution in [0.15, 0.2) is 63.2 Å². The highest BCUT2D eigenvalue weighted by Crippen LogP contribution is 2.16. The van der Waals surface area contributed by atoms with E-state index in [2.05, 4.69) is 5.32 Å². The van der Waals surface area contributed by atoms with Gasteiger partial charge in [0.1, 0.15) is 11.6 Å². The van der Waals surface area contributed by atoms with Crippen LogP contribution in [0.1, 0.15) is 21.2 Å². The van der Waals surface area contributed by atoms with Gasteiger partial charge in [-0.05, 0) is 54.3 Å². The Labute approximate surface area is 151 Å². The second-order valence-electron chi connectivity index (χ2n) is 5.30. The molecule has 1 unspecified atom stereocenters. The van der Waals surface area contributed by atoms with E-state index < -0.39 is 10.8 Å². The van der Waals surface area contributed by atoms with Gasteiger partial charge in [-0.15, -0.1) is 11.3 Å². The fourth-order valence-electron chi connectivity index (χ4n) is 2.22. The van der Waals surface area contributed by atoms with Crippen LogP contribution in [0.25, 0.3) is 0 Å². The summed E-state index contributed by atoms with van der Waals surface area (Å²) in [5, 5.41) is 4.80. The number of thiophene rings is 1. The molecule has 0 aliphatic carbocycles. The van der Waals surface area contributed by atoms with Gasteiger partial charge in [-0.2, -0.15) is 0 Å². The van der Waals surface area contributed by atoms with Gasteiger partial charge in [0.15, 0.2) is 5.76 Å². The van der Waals surface area contributed by atoms with E-state index in [1.165, 1.54) is 29.1 Å². The van der Waals surface area contributed by atoms with Gasteiger partial charge in [-0.3, -0.25) is 9.00 Å². The summed E-state index contributed by atoms with van der Waals surface area (Å²) in [6, 6.07) is 12.7. The molecule has 0 spiro atoms. The van der Waals surface area contributed by atoms with Crippen LogP contribution < -0.4 is 5.32 Å². The molecular formula is C18H16FNO3S2. The predicted molar refractivity (Wildman–Crippen MR) is 95.6 cm³/mol. The molecule has 0 aliphatic rings. The molecule has 2 aromatic heterocycles. The molecule has 1 atom stereocenters. The van der Waals surface area contributed by atoms with Crippen molar-refractivity contribution in [3.8, 4) is 0 Å². The molecule has 130 valence electrons. The molecule has 0 aliphatic heterocycles. The normalized spacial score (nSPS) is 12.0. The van der Waals surface area contributed by atoms with E-state index in [0.717, 1.165) is 6.42 Å². The Hall–Kier alpha value is -2.25. The Bertz CT molecular complexity index is 857. The fourth-order valence-corrected chi connectivity index (χ4v) is 3.95. The lowest BCUT2D eigenvalue weighted by atomic mass is 10.3. The molecule has 0 saturated carbocycles. The van der Waals surface area contributed by atoms with E-state index in [9.17, 15) is 13.4 Å². The number of benzene rings is 1. The quantitative estimate of drug-likeness (QED) is 0.682. The maximum Gasteiger partial charge on any atom is 0.287 e. The van der Waals surface area contributed by atoms with Gasteiger partial charge in [0.05, 0.1) is 16.6 Å². The monoisotopic (exact) mass is 377 g/mol. The van der Waals surface area contributed by atoms with Crippen molar-refractivity contribution in [3.63, 3.8) is 0 Å². The smallest absolute Gasteiger partial charge is 0.287 e. The zero-order valence-corrected chi connectivity index (χ0v) is 14.9. The van der Waals surface area contributed by atoms with Crippen molar-refractivity contribution in [3.05, 3.63) is 76.1 Å². The van der Waals surface area contributed by atoms with E-state index >= 15 is 0 Å². The lowest BCUT2D eigenvalue weighted by Crippen LogP contribution is -2.25. The van der Waals surface area contributed by atoms with Gasteiger partial charge in [0.2, 0.25) is 0 Å². The van der Waals surface area contributed by atoms with Crippen molar-refractivity contribution >= 4 is 28.0 Å². The highest BCUT2D eigenvalue weighted by molar-refractivity contribution is 7.84. The molecule has 0 bridgehead atoms. The average Bonchev–Trinajstić information content (AvgIpc) is 3.27. The number of furan rings is 1. The minimum atomic E-state index is -1.36. The summed E-state index contributed by atoms with van der Waals surface area (Å²) >= 11 is 1.65. The van der Waals surface area contributed by atoms with Crippen LogP contribution in [0, 0.1) is 5.82 Å². The third-order valence-corrected chi connectivity index (χ3v) is 5.75. The van der Waals surface area contributed by atoms with E-state index in [-0.39, 0.29) is 23.2 Å². The first-order chi connectivity index (χ1) is 12.1. The van der Waals surface area contributed by atoms with Crippen LogP contribution >= 0.6 is 11.3 Å². The molecular weight excluding hydrogens is 361 g/mol. The number of carbonyl (C=O) groups is 1. The first-order valence-electron chi connectivity index (χ1n) is 7.65. The summed E-state index contributed by atoms with van der Waals surface area (Å²) in [5.74, 6) is 0.104. The lowest BCUT2D eigenvalue weighted by molar-refractivity contribution is 0.0925. The highest BCUT2D eigenvalue weighted by atomic mass is 32.2.